The molecule has 1 aliphatic rings. The lowest BCUT2D eigenvalue weighted by Crippen LogP contribution is -2.36. The van der Waals surface area contributed by atoms with Crippen molar-refractivity contribution in [3.8, 4) is 0 Å². The van der Waals surface area contributed by atoms with E-state index >= 15 is 0 Å². The summed E-state index contributed by atoms with van der Waals surface area (Å²) in [5.41, 5.74) is 0. The molecule has 1 aliphatic heterocycles. The Morgan fingerprint density at radius 2 is 2.00 bits per heavy atom. The molecule has 4 unspecified atom stereocenters. The van der Waals surface area contributed by atoms with Crippen LogP contribution in [0.5, 0.6) is 0 Å². The second-order valence-corrected chi connectivity index (χ2v) is 4.62. The summed E-state index contributed by atoms with van der Waals surface area (Å²) >= 11 is 0. The van der Waals surface area contributed by atoms with Gasteiger partial charge < -0.3 is 5.11 Å². The first kappa shape index (κ1) is 11.0. The number of rotatable bonds is 3. The summed E-state index contributed by atoms with van der Waals surface area (Å²) in [5.74, 6) is 1.18. The predicted molar refractivity (Wildman–Crippen MR) is 55.7 cm³/mol. The molecule has 1 rings (SSSR count). The Morgan fingerprint density at radius 1 is 1.38 bits per heavy atom. The van der Waals surface area contributed by atoms with Crippen molar-refractivity contribution in [1.29, 1.82) is 0 Å². The largest absolute Gasteiger partial charge is 0.391 e. The van der Waals surface area contributed by atoms with Crippen molar-refractivity contribution in [1.82, 2.24) is 4.90 Å². The molecule has 0 aromatic carbocycles. The van der Waals surface area contributed by atoms with E-state index in [4.69, 9.17) is 0 Å². The number of hydrogen-bond acceptors (Lipinski definition) is 2. The molecule has 2 nitrogen and oxygen atoms in total. The number of likely N-dealkylation sites (tertiary alicyclic amines) is 1. The fourth-order valence-corrected chi connectivity index (χ4v) is 2.02. The van der Waals surface area contributed by atoms with Gasteiger partial charge in [-0.2, -0.15) is 0 Å². The minimum atomic E-state index is -0.105. The van der Waals surface area contributed by atoms with Crippen LogP contribution in [0.3, 0.4) is 0 Å². The van der Waals surface area contributed by atoms with Gasteiger partial charge in [-0.15, -0.1) is 0 Å². The van der Waals surface area contributed by atoms with Crippen molar-refractivity contribution in [3.63, 3.8) is 0 Å². The van der Waals surface area contributed by atoms with Crippen molar-refractivity contribution in [2.24, 2.45) is 11.8 Å². The molecule has 0 aliphatic carbocycles. The van der Waals surface area contributed by atoms with Crippen molar-refractivity contribution >= 4 is 0 Å². The lowest BCUT2D eigenvalue weighted by atomic mass is 10.00. The Bertz CT molecular complexity index is 150. The van der Waals surface area contributed by atoms with Gasteiger partial charge in [0.25, 0.3) is 0 Å². The second kappa shape index (κ2) is 4.43. The molecule has 1 N–H and O–H groups in total. The predicted octanol–water partition coefficient (Wildman–Crippen LogP) is 1.73. The minimum Gasteiger partial charge on any atom is -0.391 e. The average molecular weight is 185 g/mol. The van der Waals surface area contributed by atoms with E-state index in [1.165, 1.54) is 6.42 Å². The average Bonchev–Trinajstić information content (AvgIpc) is 2.44. The zero-order valence-corrected chi connectivity index (χ0v) is 9.33. The Balaban J connectivity index is 2.45. The highest BCUT2D eigenvalue weighted by molar-refractivity contribution is 4.85. The van der Waals surface area contributed by atoms with Crippen LogP contribution in [-0.2, 0) is 0 Å². The summed E-state index contributed by atoms with van der Waals surface area (Å²) in [6, 6.07) is 0.615. The maximum Gasteiger partial charge on any atom is 0.0704 e. The molecule has 0 amide bonds. The summed E-state index contributed by atoms with van der Waals surface area (Å²) in [6.07, 6.45) is 1.12. The highest BCUT2D eigenvalue weighted by Gasteiger charge is 2.31. The molecule has 0 radical (unpaired) electrons. The van der Waals surface area contributed by atoms with Gasteiger partial charge in [0.2, 0.25) is 0 Å². The van der Waals surface area contributed by atoms with Crippen LogP contribution in [0.25, 0.3) is 0 Å². The first-order chi connectivity index (χ1) is 6.06. The molecule has 0 spiro atoms. The maximum absolute atomic E-state index is 9.63. The van der Waals surface area contributed by atoms with Crippen LogP contribution in [0.4, 0.5) is 0 Å². The molecule has 0 aromatic heterocycles. The minimum absolute atomic E-state index is 0.105. The maximum atomic E-state index is 9.63. The van der Waals surface area contributed by atoms with Gasteiger partial charge in [-0.05, 0) is 18.8 Å². The molecule has 1 saturated heterocycles. The number of β-amino-alcohol motifs (C(OH)–C–C–N with tert-alkyl or cyclic N) is 1. The van der Waals surface area contributed by atoms with Crippen molar-refractivity contribution < 1.29 is 5.11 Å². The second-order valence-electron chi connectivity index (χ2n) is 4.62. The van der Waals surface area contributed by atoms with Crippen LogP contribution in [0, 0.1) is 11.8 Å². The highest BCUT2D eigenvalue weighted by atomic mass is 16.3. The quantitative estimate of drug-likeness (QED) is 0.724. The molecule has 78 valence electrons. The van der Waals surface area contributed by atoms with Crippen LogP contribution in [-0.4, -0.2) is 35.2 Å². The van der Waals surface area contributed by atoms with Gasteiger partial charge in [-0.25, -0.2) is 0 Å². The first-order valence-electron chi connectivity index (χ1n) is 5.48. The fourth-order valence-electron chi connectivity index (χ4n) is 2.02. The molecular weight excluding hydrogens is 162 g/mol. The Labute approximate surface area is 81.9 Å². The fraction of sp³-hybridized carbons (Fsp3) is 1.00. The van der Waals surface area contributed by atoms with Gasteiger partial charge in [0.15, 0.2) is 0 Å². The molecule has 0 aromatic rings. The summed E-state index contributed by atoms with van der Waals surface area (Å²) in [5, 5.41) is 9.63. The van der Waals surface area contributed by atoms with E-state index in [0.29, 0.717) is 12.0 Å². The summed E-state index contributed by atoms with van der Waals surface area (Å²) in [4.78, 5) is 2.42. The van der Waals surface area contributed by atoms with Crippen molar-refractivity contribution in [2.75, 3.05) is 13.1 Å². The summed E-state index contributed by atoms with van der Waals surface area (Å²) in [6.45, 7) is 10.9. The normalized spacial score (nSPS) is 34.8. The van der Waals surface area contributed by atoms with Crippen LogP contribution < -0.4 is 0 Å². The van der Waals surface area contributed by atoms with Gasteiger partial charge in [0.05, 0.1) is 6.10 Å². The molecule has 0 saturated carbocycles. The number of hydrogen-bond donors (Lipinski definition) is 1. The van der Waals surface area contributed by atoms with E-state index < -0.39 is 0 Å². The van der Waals surface area contributed by atoms with E-state index in [1.807, 2.05) is 0 Å². The lowest BCUT2D eigenvalue weighted by molar-refractivity contribution is 0.133. The zero-order chi connectivity index (χ0) is 10.0. The van der Waals surface area contributed by atoms with Gasteiger partial charge in [-0.3, -0.25) is 4.90 Å². The van der Waals surface area contributed by atoms with E-state index in [9.17, 15) is 5.11 Å². The summed E-state index contributed by atoms with van der Waals surface area (Å²) in [7, 11) is 0. The van der Waals surface area contributed by atoms with Crippen LogP contribution in [0.15, 0.2) is 0 Å². The topological polar surface area (TPSA) is 23.5 Å². The number of nitrogens with zero attached hydrogens (tertiary/aromatic N) is 1. The number of aliphatic hydroxyl groups is 1. The van der Waals surface area contributed by atoms with Crippen LogP contribution >= 0.6 is 0 Å². The highest BCUT2D eigenvalue weighted by Crippen LogP contribution is 2.23. The summed E-state index contributed by atoms with van der Waals surface area (Å²) < 4.78 is 0. The Morgan fingerprint density at radius 3 is 2.38 bits per heavy atom. The third-order valence-electron chi connectivity index (χ3n) is 3.64. The molecule has 13 heavy (non-hydrogen) atoms. The molecular formula is C11H23NO. The van der Waals surface area contributed by atoms with Gasteiger partial charge >= 0.3 is 0 Å². The first-order valence-corrected chi connectivity index (χ1v) is 5.48. The lowest BCUT2D eigenvalue weighted by Gasteiger charge is -2.28. The monoisotopic (exact) mass is 185 g/mol. The Hall–Kier alpha value is -0.0800. The SMILES string of the molecule is CCC(C)C(C)N1CC(C)C(O)C1. The van der Waals surface area contributed by atoms with E-state index in [-0.39, 0.29) is 6.10 Å². The van der Waals surface area contributed by atoms with Gasteiger partial charge in [0.1, 0.15) is 0 Å². The third kappa shape index (κ3) is 2.44. The molecule has 1 fully saturated rings. The molecule has 4 atom stereocenters. The number of aliphatic hydroxyl groups excluding tert-OH is 1. The third-order valence-corrected chi connectivity index (χ3v) is 3.64. The van der Waals surface area contributed by atoms with Crippen molar-refractivity contribution in [2.45, 2.75) is 46.3 Å². The van der Waals surface area contributed by atoms with Crippen LogP contribution in [0.2, 0.25) is 0 Å². The van der Waals surface area contributed by atoms with E-state index in [2.05, 4.69) is 32.6 Å². The van der Waals surface area contributed by atoms with Gasteiger partial charge in [0, 0.05) is 19.1 Å². The van der Waals surface area contributed by atoms with E-state index in [1.54, 1.807) is 0 Å². The zero-order valence-electron chi connectivity index (χ0n) is 9.33. The Kier molecular flexibility index (Phi) is 3.74. The van der Waals surface area contributed by atoms with E-state index in [0.717, 1.165) is 19.0 Å². The smallest absolute Gasteiger partial charge is 0.0704 e. The molecule has 1 heterocycles. The molecule has 0 bridgehead atoms. The molecule has 2 heteroatoms. The van der Waals surface area contributed by atoms with Crippen molar-refractivity contribution in [3.05, 3.63) is 0 Å². The standard InChI is InChI=1S/C11H23NO/c1-5-8(2)10(4)12-6-9(3)11(13)7-12/h8-11,13H,5-7H2,1-4H3. The van der Waals surface area contributed by atoms with Crippen LogP contribution in [0.1, 0.15) is 34.1 Å². The van der Waals surface area contributed by atoms with Gasteiger partial charge in [-0.1, -0.05) is 27.2 Å².